The number of hydrogen-bond acceptors (Lipinski definition) is 9. The lowest BCUT2D eigenvalue weighted by atomic mass is 9.79. The Bertz CT molecular complexity index is 1260. The summed E-state index contributed by atoms with van der Waals surface area (Å²) in [7, 11) is 0. The van der Waals surface area contributed by atoms with Crippen molar-refractivity contribution < 1.29 is 19.2 Å². The first-order valence-electron chi connectivity index (χ1n) is 9.64. The van der Waals surface area contributed by atoms with Crippen LogP contribution in [0.2, 0.25) is 0 Å². The van der Waals surface area contributed by atoms with Gasteiger partial charge in [0.1, 0.15) is 12.4 Å². The normalized spacial score (nSPS) is 21.5. The van der Waals surface area contributed by atoms with Crippen LogP contribution < -0.4 is 14.8 Å². The molecule has 0 bridgehead atoms. The molecule has 10 nitrogen and oxygen atoms in total. The fraction of sp³-hybridized carbons (Fsp3) is 0.250. The average Bonchev–Trinajstić information content (AvgIpc) is 3.52. The van der Waals surface area contributed by atoms with Gasteiger partial charge >= 0.3 is 0 Å². The number of rotatable bonds is 3. The number of benzene rings is 1. The number of ketones is 1. The van der Waals surface area contributed by atoms with Crippen LogP contribution in [0.5, 0.6) is 11.5 Å². The van der Waals surface area contributed by atoms with Crippen LogP contribution in [0, 0.1) is 10.1 Å². The molecule has 0 spiro atoms. The molecular weight excluding hydrogens is 422 g/mol. The highest BCUT2D eigenvalue weighted by atomic mass is 32.1. The van der Waals surface area contributed by atoms with E-state index in [1.807, 2.05) is 17.5 Å². The van der Waals surface area contributed by atoms with Gasteiger partial charge in [0.25, 0.3) is 5.69 Å². The zero-order valence-electron chi connectivity index (χ0n) is 16.0. The maximum atomic E-state index is 13.4. The van der Waals surface area contributed by atoms with Gasteiger partial charge < -0.3 is 14.8 Å². The standard InChI is InChI=1S/C20H15N5O5S/c26-14-5-10(17-2-1-3-31-17)4-12-18(14)19(24-20(23-12)21-8-22-24)11-6-15-16(30-9-29-15)7-13(11)25(27)28/h1-3,6-8,10,19H,4-5,9H2,(H,21,22,23). The SMILES string of the molecule is O=C1CC(c2cccs2)CC2=C1C(c1cc3c(cc1[N+](=O)[O-])OCO3)n1ncnc1N2. The summed E-state index contributed by atoms with van der Waals surface area (Å²) in [5.41, 5.74) is 1.37. The van der Waals surface area contributed by atoms with E-state index in [-0.39, 0.29) is 24.2 Å². The van der Waals surface area contributed by atoms with Gasteiger partial charge in [-0.2, -0.15) is 10.1 Å². The third-order valence-electron chi connectivity index (χ3n) is 5.82. The molecule has 0 saturated heterocycles. The van der Waals surface area contributed by atoms with Gasteiger partial charge in [-0.05, 0) is 23.9 Å². The Kier molecular flexibility index (Phi) is 3.87. The van der Waals surface area contributed by atoms with Crippen molar-refractivity contribution in [2.24, 2.45) is 0 Å². The molecule has 2 unspecified atom stereocenters. The number of anilines is 1. The highest BCUT2D eigenvalue weighted by Gasteiger charge is 2.42. The maximum Gasteiger partial charge on any atom is 0.279 e. The van der Waals surface area contributed by atoms with Crippen LogP contribution in [0.1, 0.15) is 35.2 Å². The molecular formula is C20H15N5O5S. The van der Waals surface area contributed by atoms with Gasteiger partial charge in [0.2, 0.25) is 12.7 Å². The van der Waals surface area contributed by atoms with Crippen LogP contribution >= 0.6 is 11.3 Å². The Hall–Kier alpha value is -3.73. The second-order valence-electron chi connectivity index (χ2n) is 7.51. The van der Waals surface area contributed by atoms with Crippen molar-refractivity contribution in [1.82, 2.24) is 14.8 Å². The van der Waals surface area contributed by atoms with E-state index < -0.39 is 11.0 Å². The van der Waals surface area contributed by atoms with Crippen LogP contribution in [0.15, 0.2) is 47.2 Å². The molecule has 2 aromatic heterocycles. The quantitative estimate of drug-likeness (QED) is 0.489. The van der Waals surface area contributed by atoms with Crippen LogP contribution in [0.4, 0.5) is 11.6 Å². The number of fused-ring (bicyclic) bond motifs is 2. The van der Waals surface area contributed by atoms with E-state index in [1.54, 1.807) is 17.4 Å². The smallest absolute Gasteiger partial charge is 0.279 e. The fourth-order valence-electron chi connectivity index (χ4n) is 4.49. The topological polar surface area (TPSA) is 121 Å². The lowest BCUT2D eigenvalue weighted by Crippen LogP contribution is -2.33. The molecule has 156 valence electrons. The van der Waals surface area contributed by atoms with E-state index in [9.17, 15) is 14.9 Å². The van der Waals surface area contributed by atoms with Gasteiger partial charge in [0, 0.05) is 28.5 Å². The highest BCUT2D eigenvalue weighted by Crippen LogP contribution is 2.48. The van der Waals surface area contributed by atoms with Crippen molar-refractivity contribution in [1.29, 1.82) is 0 Å². The molecule has 3 aliphatic rings. The number of ether oxygens (including phenoxy) is 2. The zero-order chi connectivity index (χ0) is 21.1. The minimum Gasteiger partial charge on any atom is -0.454 e. The first kappa shape index (κ1) is 18.1. The number of nitrogens with zero attached hydrogens (tertiary/aromatic N) is 4. The summed E-state index contributed by atoms with van der Waals surface area (Å²) in [6, 6.07) is 6.14. The van der Waals surface area contributed by atoms with Crippen molar-refractivity contribution in [3.63, 3.8) is 0 Å². The number of nitro benzene ring substituents is 1. The summed E-state index contributed by atoms with van der Waals surface area (Å²) in [6.07, 6.45) is 2.32. The number of thiophene rings is 1. The Labute approximate surface area is 179 Å². The van der Waals surface area contributed by atoms with Crippen LogP contribution in [0.25, 0.3) is 0 Å². The molecule has 0 amide bonds. The average molecular weight is 437 g/mol. The predicted octanol–water partition coefficient (Wildman–Crippen LogP) is 3.39. The van der Waals surface area contributed by atoms with E-state index in [1.165, 1.54) is 17.1 Å². The summed E-state index contributed by atoms with van der Waals surface area (Å²) in [5, 5.41) is 21.4. The summed E-state index contributed by atoms with van der Waals surface area (Å²) >= 11 is 1.62. The number of allylic oxidation sites excluding steroid dienone is 2. The maximum absolute atomic E-state index is 13.4. The number of nitrogens with one attached hydrogen (secondary N) is 1. The first-order chi connectivity index (χ1) is 15.1. The molecule has 1 aromatic carbocycles. The molecule has 31 heavy (non-hydrogen) atoms. The molecule has 0 radical (unpaired) electrons. The van der Waals surface area contributed by atoms with E-state index in [4.69, 9.17) is 9.47 Å². The third-order valence-corrected chi connectivity index (χ3v) is 6.86. The third kappa shape index (κ3) is 2.73. The Morgan fingerprint density at radius 2 is 2.10 bits per heavy atom. The van der Waals surface area contributed by atoms with E-state index in [2.05, 4.69) is 15.4 Å². The van der Waals surface area contributed by atoms with E-state index in [0.717, 1.165) is 10.6 Å². The highest BCUT2D eigenvalue weighted by molar-refractivity contribution is 7.10. The molecule has 2 aliphatic heterocycles. The van der Waals surface area contributed by atoms with Gasteiger partial charge in [-0.1, -0.05) is 6.07 Å². The number of carbonyl (C=O) groups is 1. The number of carbonyl (C=O) groups excluding carboxylic acids is 1. The van der Waals surface area contributed by atoms with Crippen molar-refractivity contribution in [3.05, 3.63) is 67.8 Å². The van der Waals surface area contributed by atoms with Crippen LogP contribution in [-0.2, 0) is 4.79 Å². The van der Waals surface area contributed by atoms with E-state index >= 15 is 0 Å². The van der Waals surface area contributed by atoms with Gasteiger partial charge in [0.05, 0.1) is 16.6 Å². The van der Waals surface area contributed by atoms with Crippen molar-refractivity contribution >= 4 is 28.8 Å². The number of nitro groups is 1. The van der Waals surface area contributed by atoms with Gasteiger partial charge in [-0.25, -0.2) is 4.68 Å². The molecule has 0 saturated carbocycles. The monoisotopic (exact) mass is 437 g/mol. The minimum atomic E-state index is -0.777. The lowest BCUT2D eigenvalue weighted by Gasteiger charge is -2.34. The molecule has 2 atom stereocenters. The van der Waals surface area contributed by atoms with Gasteiger partial charge in [0.15, 0.2) is 17.3 Å². The minimum absolute atomic E-state index is 0.00783. The van der Waals surface area contributed by atoms with Gasteiger partial charge in [-0.15, -0.1) is 11.3 Å². The number of Topliss-reactive ketones (excluding diaryl/α,β-unsaturated/α-hetero) is 1. The lowest BCUT2D eigenvalue weighted by molar-refractivity contribution is -0.385. The van der Waals surface area contributed by atoms with E-state index in [0.29, 0.717) is 41.4 Å². The second kappa shape index (κ2) is 6.64. The molecule has 6 rings (SSSR count). The zero-order valence-corrected chi connectivity index (χ0v) is 16.8. The fourth-order valence-corrected chi connectivity index (χ4v) is 5.32. The summed E-state index contributed by atoms with van der Waals surface area (Å²) in [4.78, 5) is 30.2. The van der Waals surface area contributed by atoms with Crippen molar-refractivity contribution in [2.45, 2.75) is 24.8 Å². The van der Waals surface area contributed by atoms with Crippen LogP contribution in [-0.4, -0.2) is 32.3 Å². The summed E-state index contributed by atoms with van der Waals surface area (Å²) in [5.74, 6) is 1.15. The Morgan fingerprint density at radius 3 is 2.87 bits per heavy atom. The molecule has 3 aromatic rings. The molecule has 0 fully saturated rings. The predicted molar refractivity (Wildman–Crippen MR) is 109 cm³/mol. The first-order valence-corrected chi connectivity index (χ1v) is 10.5. The summed E-state index contributed by atoms with van der Waals surface area (Å²) < 4.78 is 12.3. The van der Waals surface area contributed by atoms with Crippen LogP contribution in [0.3, 0.4) is 0 Å². The Morgan fingerprint density at radius 1 is 1.26 bits per heavy atom. The summed E-state index contributed by atoms with van der Waals surface area (Å²) in [6.45, 7) is -0.00783. The molecule has 1 N–H and O–H groups in total. The largest absolute Gasteiger partial charge is 0.454 e. The Balaban J connectivity index is 1.53. The second-order valence-corrected chi connectivity index (χ2v) is 8.49. The number of aromatic nitrogens is 3. The van der Waals surface area contributed by atoms with Crippen molar-refractivity contribution in [2.75, 3.05) is 12.1 Å². The van der Waals surface area contributed by atoms with Crippen molar-refractivity contribution in [3.8, 4) is 11.5 Å². The molecule has 11 heteroatoms. The molecule has 1 aliphatic carbocycles. The van der Waals surface area contributed by atoms with Gasteiger partial charge in [-0.3, -0.25) is 14.9 Å². The number of hydrogen-bond donors (Lipinski definition) is 1. The molecule has 4 heterocycles.